The minimum atomic E-state index is -0.497. The molecule has 0 heterocycles. The normalized spacial score (nSPS) is 10.9. The summed E-state index contributed by atoms with van der Waals surface area (Å²) < 4.78 is 9.74. The lowest BCUT2D eigenvalue weighted by molar-refractivity contribution is -0.140. The SMILES string of the molecule is COC(=O)CCCCCNC(=O)CCCCCNC(=O)CCCCCNC(=O)OC(C)(C)C. The molecule has 0 unspecified atom stereocenters. The third-order valence-corrected chi connectivity index (χ3v) is 4.76. The van der Waals surface area contributed by atoms with Crippen molar-refractivity contribution in [1.29, 1.82) is 0 Å². The van der Waals surface area contributed by atoms with Gasteiger partial charge < -0.3 is 25.4 Å². The van der Waals surface area contributed by atoms with Crippen LogP contribution >= 0.6 is 0 Å². The van der Waals surface area contributed by atoms with Gasteiger partial charge in [-0.15, -0.1) is 0 Å². The molecule has 9 nitrogen and oxygen atoms in total. The summed E-state index contributed by atoms with van der Waals surface area (Å²) in [6.45, 7) is 7.27. The summed E-state index contributed by atoms with van der Waals surface area (Å²) in [7, 11) is 1.38. The number of unbranched alkanes of at least 4 members (excludes halogenated alkanes) is 6. The fraction of sp³-hybridized carbons (Fsp3) is 0.833. The van der Waals surface area contributed by atoms with Crippen LogP contribution in [0.3, 0.4) is 0 Å². The fourth-order valence-corrected chi connectivity index (χ4v) is 2.98. The molecule has 0 aliphatic heterocycles. The Morgan fingerprint density at radius 1 is 0.606 bits per heavy atom. The van der Waals surface area contributed by atoms with Gasteiger partial charge in [0.2, 0.25) is 11.8 Å². The number of esters is 1. The Morgan fingerprint density at radius 3 is 1.45 bits per heavy atom. The molecule has 9 heteroatoms. The number of nitrogens with one attached hydrogen (secondary N) is 3. The van der Waals surface area contributed by atoms with E-state index in [4.69, 9.17) is 4.74 Å². The molecule has 33 heavy (non-hydrogen) atoms. The van der Waals surface area contributed by atoms with Crippen LogP contribution in [0, 0.1) is 0 Å². The van der Waals surface area contributed by atoms with Gasteiger partial charge >= 0.3 is 12.1 Å². The smallest absolute Gasteiger partial charge is 0.407 e. The van der Waals surface area contributed by atoms with Crippen molar-refractivity contribution in [3.8, 4) is 0 Å². The van der Waals surface area contributed by atoms with E-state index >= 15 is 0 Å². The molecule has 3 N–H and O–H groups in total. The van der Waals surface area contributed by atoms with Crippen LogP contribution in [0.1, 0.15) is 97.8 Å². The summed E-state index contributed by atoms with van der Waals surface area (Å²) in [6, 6.07) is 0. The van der Waals surface area contributed by atoms with Gasteiger partial charge in [-0.05, 0) is 59.3 Å². The first-order valence-electron chi connectivity index (χ1n) is 12.2. The molecule has 0 radical (unpaired) electrons. The summed E-state index contributed by atoms with van der Waals surface area (Å²) in [4.78, 5) is 46.1. The average Bonchev–Trinajstić information content (AvgIpc) is 2.73. The summed E-state index contributed by atoms with van der Waals surface area (Å²) in [5, 5.41) is 8.51. The molecular formula is C24H45N3O6. The van der Waals surface area contributed by atoms with Crippen LogP contribution in [0.5, 0.6) is 0 Å². The lowest BCUT2D eigenvalue weighted by Crippen LogP contribution is -2.33. The second-order valence-electron chi connectivity index (χ2n) is 9.14. The Labute approximate surface area is 199 Å². The van der Waals surface area contributed by atoms with Crippen molar-refractivity contribution in [1.82, 2.24) is 16.0 Å². The molecule has 0 spiro atoms. The van der Waals surface area contributed by atoms with E-state index < -0.39 is 11.7 Å². The first-order chi connectivity index (χ1) is 15.6. The van der Waals surface area contributed by atoms with Crippen molar-refractivity contribution >= 4 is 23.9 Å². The lowest BCUT2D eigenvalue weighted by Gasteiger charge is -2.19. The predicted molar refractivity (Wildman–Crippen MR) is 128 cm³/mol. The molecule has 0 aromatic carbocycles. The molecule has 0 aliphatic carbocycles. The molecule has 0 saturated heterocycles. The summed E-state index contributed by atoms with van der Waals surface area (Å²) in [6.07, 6.45) is 8.51. The molecule has 192 valence electrons. The van der Waals surface area contributed by atoms with Crippen molar-refractivity contribution in [3.63, 3.8) is 0 Å². The Hall–Kier alpha value is -2.32. The summed E-state index contributed by atoms with van der Waals surface area (Å²) in [5.41, 5.74) is -0.497. The average molecular weight is 472 g/mol. The van der Waals surface area contributed by atoms with Crippen molar-refractivity contribution in [2.24, 2.45) is 0 Å². The highest BCUT2D eigenvalue weighted by Crippen LogP contribution is 2.07. The molecule has 0 fully saturated rings. The van der Waals surface area contributed by atoms with E-state index in [1.54, 1.807) is 0 Å². The number of carbonyl (C=O) groups is 4. The Kier molecular flexibility index (Phi) is 17.8. The molecule has 0 aromatic heterocycles. The van der Waals surface area contributed by atoms with Crippen LogP contribution in [-0.4, -0.2) is 56.2 Å². The Balaban J connectivity index is 3.44. The number of carbonyl (C=O) groups excluding carboxylic acids is 4. The number of rotatable bonds is 18. The topological polar surface area (TPSA) is 123 Å². The maximum absolute atomic E-state index is 11.8. The number of hydrogen-bond acceptors (Lipinski definition) is 6. The van der Waals surface area contributed by atoms with E-state index in [1.165, 1.54) is 7.11 Å². The van der Waals surface area contributed by atoms with Gasteiger partial charge in [0.15, 0.2) is 0 Å². The third kappa shape index (κ3) is 22.7. The number of amides is 3. The number of ether oxygens (including phenoxy) is 2. The number of alkyl carbamates (subject to hydrolysis) is 1. The zero-order chi connectivity index (χ0) is 25.0. The van der Waals surface area contributed by atoms with Gasteiger partial charge in [0.1, 0.15) is 5.60 Å². The van der Waals surface area contributed by atoms with Gasteiger partial charge in [0.25, 0.3) is 0 Å². The van der Waals surface area contributed by atoms with Gasteiger partial charge in [-0.2, -0.15) is 0 Å². The first kappa shape index (κ1) is 30.7. The molecule has 0 bridgehead atoms. The van der Waals surface area contributed by atoms with Crippen LogP contribution in [0.15, 0.2) is 0 Å². The van der Waals surface area contributed by atoms with Crippen LogP contribution in [0.4, 0.5) is 4.79 Å². The monoisotopic (exact) mass is 471 g/mol. The third-order valence-electron chi connectivity index (χ3n) is 4.76. The molecule has 0 rings (SSSR count). The predicted octanol–water partition coefficient (Wildman–Crippen LogP) is 3.60. The Morgan fingerprint density at radius 2 is 1.03 bits per heavy atom. The lowest BCUT2D eigenvalue weighted by atomic mass is 10.1. The molecule has 0 aliphatic rings. The van der Waals surface area contributed by atoms with Gasteiger partial charge in [0.05, 0.1) is 7.11 Å². The van der Waals surface area contributed by atoms with E-state index in [0.717, 1.165) is 57.8 Å². The van der Waals surface area contributed by atoms with Gasteiger partial charge in [0, 0.05) is 38.9 Å². The van der Waals surface area contributed by atoms with Crippen molar-refractivity contribution in [2.75, 3.05) is 26.7 Å². The standard InChI is InChI=1S/C24H45N3O6/c1-24(2,3)33-23(31)27-19-13-6-9-15-21(29)25-17-11-5-8-14-20(28)26-18-12-7-10-16-22(30)32-4/h5-19H2,1-4H3,(H,25,29)(H,26,28)(H,27,31). The van der Waals surface area contributed by atoms with Crippen LogP contribution < -0.4 is 16.0 Å². The highest BCUT2D eigenvalue weighted by molar-refractivity contribution is 5.76. The summed E-state index contributed by atoms with van der Waals surface area (Å²) >= 11 is 0. The number of methoxy groups -OCH3 is 1. The zero-order valence-corrected chi connectivity index (χ0v) is 21.1. The highest BCUT2D eigenvalue weighted by atomic mass is 16.6. The zero-order valence-electron chi connectivity index (χ0n) is 21.1. The van der Waals surface area contributed by atoms with E-state index in [2.05, 4.69) is 20.7 Å². The van der Waals surface area contributed by atoms with Crippen molar-refractivity contribution in [3.05, 3.63) is 0 Å². The van der Waals surface area contributed by atoms with E-state index in [1.807, 2.05) is 20.8 Å². The van der Waals surface area contributed by atoms with Crippen LogP contribution in [0.25, 0.3) is 0 Å². The Bertz CT molecular complexity index is 575. The molecule has 3 amide bonds. The van der Waals surface area contributed by atoms with Crippen molar-refractivity contribution < 1.29 is 28.7 Å². The maximum atomic E-state index is 11.8. The second-order valence-corrected chi connectivity index (χ2v) is 9.14. The molecule has 0 saturated carbocycles. The molecular weight excluding hydrogens is 426 g/mol. The quantitative estimate of drug-likeness (QED) is 0.207. The molecule has 0 aromatic rings. The highest BCUT2D eigenvalue weighted by Gasteiger charge is 2.15. The second kappa shape index (κ2) is 19.2. The van der Waals surface area contributed by atoms with E-state index in [-0.39, 0.29) is 17.8 Å². The minimum Gasteiger partial charge on any atom is -0.469 e. The fourth-order valence-electron chi connectivity index (χ4n) is 2.98. The van der Waals surface area contributed by atoms with Gasteiger partial charge in [-0.3, -0.25) is 14.4 Å². The van der Waals surface area contributed by atoms with E-state index in [0.29, 0.717) is 38.9 Å². The minimum absolute atomic E-state index is 0.0417. The molecule has 0 atom stereocenters. The van der Waals surface area contributed by atoms with Crippen LogP contribution in [-0.2, 0) is 23.9 Å². The maximum Gasteiger partial charge on any atom is 0.407 e. The first-order valence-corrected chi connectivity index (χ1v) is 12.2. The van der Waals surface area contributed by atoms with Gasteiger partial charge in [-0.1, -0.05) is 19.3 Å². The van der Waals surface area contributed by atoms with Gasteiger partial charge in [-0.25, -0.2) is 4.79 Å². The van der Waals surface area contributed by atoms with Crippen LogP contribution in [0.2, 0.25) is 0 Å². The number of hydrogen-bond donors (Lipinski definition) is 3. The largest absolute Gasteiger partial charge is 0.469 e. The summed E-state index contributed by atoms with van der Waals surface area (Å²) in [5.74, 6) is -0.104. The van der Waals surface area contributed by atoms with E-state index in [9.17, 15) is 19.2 Å². The van der Waals surface area contributed by atoms with Crippen molar-refractivity contribution in [2.45, 2.75) is 103 Å².